The molecule has 2 aromatic rings. The number of ketones is 2. The van der Waals surface area contributed by atoms with Crippen LogP contribution in [0.1, 0.15) is 11.3 Å². The highest BCUT2D eigenvalue weighted by Gasteiger charge is 2.21. The number of allylic oxidation sites excluding steroid dienone is 4. The van der Waals surface area contributed by atoms with E-state index in [1.807, 2.05) is 30.3 Å². The van der Waals surface area contributed by atoms with Crippen LogP contribution >= 0.6 is 11.3 Å². The highest BCUT2D eigenvalue weighted by atomic mass is 32.1. The van der Waals surface area contributed by atoms with Crippen LogP contribution < -0.4 is 0 Å². The molecule has 88 valence electrons. The summed E-state index contributed by atoms with van der Waals surface area (Å²) in [4.78, 5) is 24.4. The zero-order valence-electron chi connectivity index (χ0n) is 9.55. The lowest BCUT2D eigenvalue weighted by Gasteiger charge is -1.98. The van der Waals surface area contributed by atoms with Crippen molar-refractivity contribution in [3.05, 3.63) is 53.4 Å². The van der Waals surface area contributed by atoms with E-state index >= 15 is 0 Å². The molecular weight excluding hydrogens is 244 g/mol. The molecule has 0 unspecified atom stereocenters. The molecule has 1 aromatic carbocycles. The van der Waals surface area contributed by atoms with Crippen molar-refractivity contribution in [2.24, 2.45) is 0 Å². The fourth-order valence-electron chi connectivity index (χ4n) is 1.97. The van der Waals surface area contributed by atoms with Gasteiger partial charge in [0.15, 0.2) is 0 Å². The Morgan fingerprint density at radius 1 is 1.11 bits per heavy atom. The molecule has 0 saturated carbocycles. The minimum atomic E-state index is -0.383. The van der Waals surface area contributed by atoms with Gasteiger partial charge in [0.1, 0.15) is 0 Å². The maximum atomic E-state index is 12.0. The van der Waals surface area contributed by atoms with Gasteiger partial charge in [-0.05, 0) is 23.6 Å². The zero-order chi connectivity index (χ0) is 12.5. The van der Waals surface area contributed by atoms with Crippen molar-refractivity contribution in [1.82, 2.24) is 0 Å². The summed E-state index contributed by atoms with van der Waals surface area (Å²) >= 11 is 1.54. The first kappa shape index (κ1) is 11.1. The van der Waals surface area contributed by atoms with Gasteiger partial charge in [-0.1, -0.05) is 30.4 Å². The van der Waals surface area contributed by atoms with Gasteiger partial charge in [-0.15, -0.1) is 11.3 Å². The molecule has 1 aromatic heterocycles. The summed E-state index contributed by atoms with van der Waals surface area (Å²) in [5, 5.41) is 1.10. The molecule has 0 fully saturated rings. The fraction of sp³-hybridized carbons (Fsp3) is 0.0667. The highest BCUT2D eigenvalue weighted by Crippen LogP contribution is 2.31. The fourth-order valence-corrected chi connectivity index (χ4v) is 3.05. The molecule has 0 aliphatic heterocycles. The van der Waals surface area contributed by atoms with E-state index in [1.165, 1.54) is 0 Å². The number of Topliss-reactive ketones (excluding diaryl/α,β-unsaturated/α-hetero) is 2. The van der Waals surface area contributed by atoms with Crippen LogP contribution in [0, 0.1) is 0 Å². The Kier molecular flexibility index (Phi) is 2.68. The lowest BCUT2D eigenvalue weighted by molar-refractivity contribution is -0.132. The number of carbonyl (C=O) groups is 2. The van der Waals surface area contributed by atoms with E-state index in [2.05, 4.69) is 0 Å². The van der Waals surface area contributed by atoms with Crippen LogP contribution in [0.4, 0.5) is 0 Å². The molecule has 3 heteroatoms. The first-order chi connectivity index (χ1) is 8.75. The van der Waals surface area contributed by atoms with Crippen LogP contribution in [0.25, 0.3) is 15.7 Å². The summed E-state index contributed by atoms with van der Waals surface area (Å²) in [6, 6.07) is 9.93. The van der Waals surface area contributed by atoms with Crippen molar-refractivity contribution in [3.8, 4) is 0 Å². The van der Waals surface area contributed by atoms with Crippen LogP contribution in [0.5, 0.6) is 0 Å². The third kappa shape index (κ3) is 1.83. The molecular formula is C15H10O2S. The van der Waals surface area contributed by atoms with Gasteiger partial charge in [0, 0.05) is 21.6 Å². The van der Waals surface area contributed by atoms with Crippen molar-refractivity contribution in [2.75, 3.05) is 0 Å². The summed E-state index contributed by atoms with van der Waals surface area (Å²) in [6.45, 7) is 0. The molecule has 0 bridgehead atoms. The summed E-state index contributed by atoms with van der Waals surface area (Å²) in [6.07, 6.45) is 5.44. The molecule has 3 rings (SSSR count). The number of hydrogen-bond acceptors (Lipinski definition) is 3. The highest BCUT2D eigenvalue weighted by molar-refractivity contribution is 7.20. The van der Waals surface area contributed by atoms with Gasteiger partial charge in [-0.3, -0.25) is 9.59 Å². The summed E-state index contributed by atoms with van der Waals surface area (Å²) in [5.74, 6) is -0.723. The Bertz CT molecular complexity index is 671. The number of hydrogen-bond donors (Lipinski definition) is 0. The summed E-state index contributed by atoms with van der Waals surface area (Å²) in [7, 11) is 0. The monoisotopic (exact) mass is 254 g/mol. The van der Waals surface area contributed by atoms with Gasteiger partial charge >= 0.3 is 0 Å². The van der Waals surface area contributed by atoms with E-state index < -0.39 is 0 Å². The lowest BCUT2D eigenvalue weighted by Crippen LogP contribution is -2.12. The topological polar surface area (TPSA) is 34.1 Å². The molecule has 1 aliphatic carbocycles. The predicted molar refractivity (Wildman–Crippen MR) is 73.6 cm³/mol. The number of carbonyl (C=O) groups excluding carboxylic acids is 2. The van der Waals surface area contributed by atoms with E-state index in [0.29, 0.717) is 5.57 Å². The van der Waals surface area contributed by atoms with E-state index in [1.54, 1.807) is 29.6 Å². The van der Waals surface area contributed by atoms with E-state index in [9.17, 15) is 9.59 Å². The number of rotatable bonds is 1. The third-order valence-corrected chi connectivity index (χ3v) is 4.04. The number of thiophene rings is 1. The Hall–Kier alpha value is -2.00. The third-order valence-electron chi connectivity index (χ3n) is 2.89. The lowest BCUT2D eigenvalue weighted by atomic mass is 10.1. The molecule has 0 amide bonds. The summed E-state index contributed by atoms with van der Waals surface area (Å²) in [5.41, 5.74) is 0.509. The van der Waals surface area contributed by atoms with Crippen molar-refractivity contribution in [2.45, 2.75) is 6.42 Å². The average Bonchev–Trinajstić information content (AvgIpc) is 2.73. The average molecular weight is 254 g/mol. The Morgan fingerprint density at radius 2 is 1.94 bits per heavy atom. The van der Waals surface area contributed by atoms with E-state index in [4.69, 9.17) is 0 Å². The maximum absolute atomic E-state index is 12.0. The molecule has 2 nitrogen and oxygen atoms in total. The molecule has 0 radical (unpaired) electrons. The van der Waals surface area contributed by atoms with Crippen molar-refractivity contribution in [1.29, 1.82) is 0 Å². The largest absolute Gasteiger partial charge is 0.290 e. The molecule has 0 atom stereocenters. The van der Waals surface area contributed by atoms with Gasteiger partial charge in [0.05, 0.1) is 0 Å². The van der Waals surface area contributed by atoms with Gasteiger partial charge in [-0.2, -0.15) is 0 Å². The smallest absolute Gasteiger partial charge is 0.230 e. The zero-order valence-corrected chi connectivity index (χ0v) is 10.4. The molecule has 1 aliphatic rings. The van der Waals surface area contributed by atoms with E-state index in [0.717, 1.165) is 15.0 Å². The van der Waals surface area contributed by atoms with Crippen molar-refractivity contribution in [3.63, 3.8) is 0 Å². The molecule has 1 heterocycles. The molecule has 0 N–H and O–H groups in total. The van der Waals surface area contributed by atoms with Gasteiger partial charge in [0.2, 0.25) is 11.6 Å². The number of benzene rings is 1. The van der Waals surface area contributed by atoms with Crippen LogP contribution in [0.2, 0.25) is 0 Å². The molecule has 0 saturated heterocycles. The van der Waals surface area contributed by atoms with Crippen LogP contribution in [0.3, 0.4) is 0 Å². The van der Waals surface area contributed by atoms with Crippen molar-refractivity contribution < 1.29 is 9.59 Å². The second kappa shape index (κ2) is 4.35. The minimum absolute atomic E-state index is 0.198. The normalized spacial score (nSPS) is 15.9. The van der Waals surface area contributed by atoms with Crippen LogP contribution in [-0.2, 0) is 9.59 Å². The van der Waals surface area contributed by atoms with Crippen molar-refractivity contribution >= 4 is 38.6 Å². The Balaban J connectivity index is 2.13. The minimum Gasteiger partial charge on any atom is -0.290 e. The van der Waals surface area contributed by atoms with E-state index in [-0.39, 0.29) is 18.0 Å². The predicted octanol–water partition coefficient (Wildman–Crippen LogP) is 3.38. The molecule has 0 spiro atoms. The Labute approximate surface area is 108 Å². The Morgan fingerprint density at radius 3 is 2.78 bits per heavy atom. The van der Waals surface area contributed by atoms with Crippen LogP contribution in [0.15, 0.2) is 48.6 Å². The van der Waals surface area contributed by atoms with Gasteiger partial charge < -0.3 is 0 Å². The first-order valence-corrected chi connectivity index (χ1v) is 6.50. The van der Waals surface area contributed by atoms with Gasteiger partial charge in [-0.25, -0.2) is 0 Å². The number of fused-ring (bicyclic) bond motifs is 1. The summed E-state index contributed by atoms with van der Waals surface area (Å²) < 4.78 is 1.13. The standard InChI is InChI=1S/C15H10O2S/c16-12-7-3-2-6-11(15(12)17)14-9-10-5-1-4-8-13(10)18-14/h1-6,8-9H,7H2. The first-order valence-electron chi connectivity index (χ1n) is 5.69. The van der Waals surface area contributed by atoms with Gasteiger partial charge in [0.25, 0.3) is 0 Å². The molecule has 18 heavy (non-hydrogen) atoms. The maximum Gasteiger partial charge on any atom is 0.230 e. The second-order valence-electron chi connectivity index (χ2n) is 4.11. The second-order valence-corrected chi connectivity index (χ2v) is 5.20. The SMILES string of the molecule is O=C1CC=CC=C(c2cc3ccccc3s2)C1=O. The quantitative estimate of drug-likeness (QED) is 0.731. The van der Waals surface area contributed by atoms with Crippen LogP contribution in [-0.4, -0.2) is 11.6 Å².